The van der Waals surface area contributed by atoms with Gasteiger partial charge in [0.05, 0.1) is 5.57 Å². The first-order valence-electron chi connectivity index (χ1n) is 6.28. The number of halogens is 1. The zero-order valence-corrected chi connectivity index (χ0v) is 10.6. The van der Waals surface area contributed by atoms with Crippen LogP contribution >= 0.6 is 0 Å². The van der Waals surface area contributed by atoms with Crippen molar-refractivity contribution in [3.63, 3.8) is 0 Å². The van der Waals surface area contributed by atoms with E-state index in [1.54, 1.807) is 12.1 Å². The third-order valence-corrected chi connectivity index (χ3v) is 3.48. The average molecular weight is 272 g/mol. The van der Waals surface area contributed by atoms with Gasteiger partial charge in [-0.2, -0.15) is 0 Å². The topological polar surface area (TPSA) is 79.8 Å². The van der Waals surface area contributed by atoms with Gasteiger partial charge in [-0.3, -0.25) is 10.2 Å². The fourth-order valence-electron chi connectivity index (χ4n) is 2.44. The number of rotatable bonds is 1. The van der Waals surface area contributed by atoms with Crippen molar-refractivity contribution in [1.29, 1.82) is 0 Å². The second kappa shape index (κ2) is 4.88. The summed E-state index contributed by atoms with van der Waals surface area (Å²) in [5.41, 5.74) is 10.5. The summed E-state index contributed by atoms with van der Waals surface area (Å²) in [6.45, 7) is 0. The monoisotopic (exact) mass is 272 g/mol. The van der Waals surface area contributed by atoms with Gasteiger partial charge >= 0.3 is 0 Å². The van der Waals surface area contributed by atoms with Crippen molar-refractivity contribution in [3.05, 3.63) is 46.9 Å². The van der Waals surface area contributed by atoms with E-state index in [9.17, 15) is 9.18 Å². The van der Waals surface area contributed by atoms with Crippen LogP contribution in [0.4, 0.5) is 4.39 Å². The highest BCUT2D eigenvalue weighted by Crippen LogP contribution is 2.33. The molecule has 20 heavy (non-hydrogen) atoms. The molecule has 0 saturated heterocycles. The molecule has 1 aliphatic carbocycles. The summed E-state index contributed by atoms with van der Waals surface area (Å²) in [5, 5.41) is 3.86. The summed E-state index contributed by atoms with van der Waals surface area (Å²) >= 11 is 0. The molecule has 0 fully saturated rings. The number of nitrogens with two attached hydrogens (primary N) is 1. The Morgan fingerprint density at radius 3 is 2.75 bits per heavy atom. The lowest BCUT2D eigenvalue weighted by atomic mass is 9.82. The van der Waals surface area contributed by atoms with Crippen molar-refractivity contribution < 1.29 is 9.18 Å². The number of aliphatic imine (C=N–C) groups is 1. The Morgan fingerprint density at radius 1 is 1.25 bits per heavy atom. The molecule has 1 unspecified atom stereocenters. The molecular weight excluding hydrogens is 259 g/mol. The van der Waals surface area contributed by atoms with Crippen LogP contribution in [0.15, 0.2) is 45.6 Å². The molecule has 1 aliphatic heterocycles. The number of Topliss-reactive ketones (excluding diaryl/α,β-unsaturated/α-hetero) is 1. The van der Waals surface area contributed by atoms with E-state index in [1.807, 2.05) is 0 Å². The molecule has 0 bridgehead atoms. The highest BCUT2D eigenvalue weighted by molar-refractivity contribution is 6.16. The number of nitrogens with one attached hydrogen (secondary N) is 1. The van der Waals surface area contributed by atoms with Crippen molar-refractivity contribution >= 4 is 18.0 Å². The molecular formula is C14H13FN4O. The Kier molecular flexibility index (Phi) is 3.06. The minimum Gasteiger partial charge on any atom is -0.367 e. The van der Waals surface area contributed by atoms with Gasteiger partial charge in [-0.1, -0.05) is 12.1 Å². The van der Waals surface area contributed by atoms with Crippen molar-refractivity contribution in [2.24, 2.45) is 15.8 Å². The van der Waals surface area contributed by atoms with Crippen LogP contribution in [0.1, 0.15) is 24.3 Å². The fourth-order valence-corrected chi connectivity index (χ4v) is 2.44. The molecule has 1 aromatic rings. The van der Waals surface area contributed by atoms with Gasteiger partial charge < -0.3 is 5.73 Å². The second-order valence-electron chi connectivity index (χ2n) is 4.81. The number of carbonyl (C=O) groups excluding carboxylic acids is 1. The molecule has 6 heteroatoms. The Hall–Kier alpha value is -2.50. The Bertz CT molecular complexity index is 646. The number of allylic oxidation sites excluding steroid dienone is 2. The molecule has 0 amide bonds. The predicted molar refractivity (Wildman–Crippen MR) is 73.7 cm³/mol. The molecule has 1 heterocycles. The molecule has 5 nitrogen and oxygen atoms in total. The summed E-state index contributed by atoms with van der Waals surface area (Å²) < 4.78 is 13.0. The van der Waals surface area contributed by atoms with Crippen LogP contribution in [0.2, 0.25) is 0 Å². The predicted octanol–water partition coefficient (Wildman–Crippen LogP) is 1.43. The average Bonchev–Trinajstić information content (AvgIpc) is 2.62. The van der Waals surface area contributed by atoms with E-state index in [-0.39, 0.29) is 23.5 Å². The summed E-state index contributed by atoms with van der Waals surface area (Å²) in [4.78, 5) is 16.1. The van der Waals surface area contributed by atoms with E-state index < -0.39 is 0 Å². The van der Waals surface area contributed by atoms with E-state index in [0.717, 1.165) is 5.56 Å². The van der Waals surface area contributed by atoms with Gasteiger partial charge in [-0.05, 0) is 30.0 Å². The number of benzene rings is 1. The first-order valence-corrected chi connectivity index (χ1v) is 6.28. The maximum Gasteiger partial charge on any atom is 0.237 e. The standard InChI is InChI=1S/C14H13FN4O/c15-10-3-1-8(2-4-10)9-5-12-11(13(20)6-9)7-17-14(16)19-18-12/h1-4,7,9,18H,5-6H2,(H2,16,19). The van der Waals surface area contributed by atoms with Crippen LogP contribution < -0.4 is 11.2 Å². The number of hydrogen-bond acceptors (Lipinski definition) is 5. The van der Waals surface area contributed by atoms with Gasteiger partial charge in [0.2, 0.25) is 5.96 Å². The molecule has 0 radical (unpaired) electrons. The third-order valence-electron chi connectivity index (χ3n) is 3.48. The van der Waals surface area contributed by atoms with Gasteiger partial charge in [0.25, 0.3) is 0 Å². The SMILES string of the molecule is NC1=NNC2=C(C=N1)C(=O)CC(c1ccc(F)cc1)C2. The molecule has 2 aliphatic rings. The lowest BCUT2D eigenvalue weighted by Gasteiger charge is -2.24. The molecule has 3 N–H and O–H groups in total. The Labute approximate surface area is 115 Å². The van der Waals surface area contributed by atoms with Crippen LogP contribution in [0.25, 0.3) is 0 Å². The molecule has 0 aromatic heterocycles. The molecule has 1 atom stereocenters. The van der Waals surface area contributed by atoms with Crippen molar-refractivity contribution in [2.75, 3.05) is 0 Å². The summed E-state index contributed by atoms with van der Waals surface area (Å²) in [7, 11) is 0. The second-order valence-corrected chi connectivity index (χ2v) is 4.81. The maximum atomic E-state index is 13.0. The third kappa shape index (κ3) is 2.32. The van der Waals surface area contributed by atoms with E-state index >= 15 is 0 Å². The lowest BCUT2D eigenvalue weighted by Crippen LogP contribution is -2.24. The molecule has 0 spiro atoms. The number of nitrogens with zero attached hydrogens (tertiary/aromatic N) is 2. The smallest absolute Gasteiger partial charge is 0.237 e. The Balaban J connectivity index is 1.90. The van der Waals surface area contributed by atoms with Crippen LogP contribution in [0.5, 0.6) is 0 Å². The van der Waals surface area contributed by atoms with Gasteiger partial charge in [0.1, 0.15) is 5.82 Å². The molecule has 102 valence electrons. The highest BCUT2D eigenvalue weighted by atomic mass is 19.1. The lowest BCUT2D eigenvalue weighted by molar-refractivity contribution is -0.115. The van der Waals surface area contributed by atoms with Crippen LogP contribution in [0.3, 0.4) is 0 Å². The van der Waals surface area contributed by atoms with Crippen LogP contribution in [-0.4, -0.2) is 18.0 Å². The van der Waals surface area contributed by atoms with E-state index in [4.69, 9.17) is 5.73 Å². The fraction of sp³-hybridized carbons (Fsp3) is 0.214. The van der Waals surface area contributed by atoms with E-state index in [1.165, 1.54) is 18.3 Å². The number of hydrazone groups is 1. The number of guanidine groups is 1. The summed E-state index contributed by atoms with van der Waals surface area (Å²) in [6.07, 6.45) is 2.45. The van der Waals surface area contributed by atoms with Crippen LogP contribution in [-0.2, 0) is 4.79 Å². The minimum atomic E-state index is -0.284. The first kappa shape index (κ1) is 12.5. The largest absolute Gasteiger partial charge is 0.367 e. The quantitative estimate of drug-likeness (QED) is 0.811. The number of ketones is 1. The van der Waals surface area contributed by atoms with Gasteiger partial charge in [0, 0.05) is 18.3 Å². The zero-order chi connectivity index (χ0) is 14.1. The number of carbonyl (C=O) groups is 1. The number of hydrogen-bond donors (Lipinski definition) is 2. The van der Waals surface area contributed by atoms with Gasteiger partial charge in [-0.25, -0.2) is 9.38 Å². The highest BCUT2D eigenvalue weighted by Gasteiger charge is 2.28. The maximum absolute atomic E-state index is 13.0. The summed E-state index contributed by atoms with van der Waals surface area (Å²) in [6, 6.07) is 6.23. The van der Waals surface area contributed by atoms with Gasteiger partial charge in [-0.15, -0.1) is 5.10 Å². The van der Waals surface area contributed by atoms with Crippen LogP contribution in [0, 0.1) is 5.82 Å². The van der Waals surface area contributed by atoms with E-state index in [0.29, 0.717) is 24.1 Å². The first-order chi connectivity index (χ1) is 9.63. The van der Waals surface area contributed by atoms with E-state index in [2.05, 4.69) is 15.5 Å². The Morgan fingerprint density at radius 2 is 2.00 bits per heavy atom. The van der Waals surface area contributed by atoms with Gasteiger partial charge in [0.15, 0.2) is 5.78 Å². The van der Waals surface area contributed by atoms with Crippen molar-refractivity contribution in [1.82, 2.24) is 5.43 Å². The van der Waals surface area contributed by atoms with Crippen molar-refractivity contribution in [2.45, 2.75) is 18.8 Å². The molecule has 0 saturated carbocycles. The molecule has 1 aromatic carbocycles. The normalized spacial score (nSPS) is 21.9. The van der Waals surface area contributed by atoms with Crippen molar-refractivity contribution in [3.8, 4) is 0 Å². The zero-order valence-electron chi connectivity index (χ0n) is 10.6. The summed E-state index contributed by atoms with van der Waals surface area (Å²) in [5.74, 6) is -0.197. The molecule has 3 rings (SSSR count). The minimum absolute atomic E-state index is 0.0114.